The van der Waals surface area contributed by atoms with E-state index in [1.807, 2.05) is 30.5 Å². The molecule has 5 nitrogen and oxygen atoms in total. The first-order valence-corrected chi connectivity index (χ1v) is 8.15. The Morgan fingerprint density at radius 2 is 2.10 bits per heavy atom. The largest absolute Gasteiger partial charge is 0.278 e. The summed E-state index contributed by atoms with van der Waals surface area (Å²) in [5, 5.41) is 13.7. The average molecular weight is 322 g/mol. The van der Waals surface area contributed by atoms with Gasteiger partial charge in [-0.15, -0.1) is 5.10 Å². The first-order valence-electron chi connectivity index (χ1n) is 6.55. The molecule has 0 saturated heterocycles. The number of aromatic nitrogens is 3. The van der Waals surface area contributed by atoms with Crippen LogP contribution in [-0.4, -0.2) is 27.1 Å². The van der Waals surface area contributed by atoms with Crippen LogP contribution in [0.25, 0.3) is 0 Å². The van der Waals surface area contributed by atoms with Gasteiger partial charge in [0, 0.05) is 5.02 Å². The molecule has 0 fully saturated rings. The van der Waals surface area contributed by atoms with E-state index in [1.54, 1.807) is 6.20 Å². The van der Waals surface area contributed by atoms with Crippen LogP contribution >= 0.6 is 23.4 Å². The SMILES string of the molecule is CCCC(=NNc1ccc(Cl)cc1)c1cnnc(SC)n1. The summed E-state index contributed by atoms with van der Waals surface area (Å²) in [6.45, 7) is 2.10. The van der Waals surface area contributed by atoms with Crippen LogP contribution in [0.15, 0.2) is 40.7 Å². The van der Waals surface area contributed by atoms with Crippen molar-refractivity contribution in [2.45, 2.75) is 24.9 Å². The number of nitrogens with zero attached hydrogens (tertiary/aromatic N) is 4. The van der Waals surface area contributed by atoms with Crippen molar-refractivity contribution in [1.82, 2.24) is 15.2 Å². The van der Waals surface area contributed by atoms with Crippen LogP contribution in [-0.2, 0) is 0 Å². The second-order valence-electron chi connectivity index (χ2n) is 4.26. The molecule has 1 aromatic carbocycles. The number of hydrogen-bond acceptors (Lipinski definition) is 6. The molecule has 0 aliphatic carbocycles. The van der Waals surface area contributed by atoms with E-state index in [4.69, 9.17) is 11.6 Å². The molecule has 0 saturated carbocycles. The predicted octanol–water partition coefficient (Wildman–Crippen LogP) is 3.86. The van der Waals surface area contributed by atoms with Crippen molar-refractivity contribution >= 4 is 34.8 Å². The first kappa shape index (κ1) is 15.7. The maximum Gasteiger partial charge on any atom is 0.209 e. The molecule has 21 heavy (non-hydrogen) atoms. The van der Waals surface area contributed by atoms with Gasteiger partial charge in [-0.05, 0) is 36.9 Å². The standard InChI is InChI=1S/C14H16ClN5S/c1-3-4-12(13-9-16-20-14(17-13)21-2)19-18-11-7-5-10(15)6-8-11/h5-9,18H,3-4H2,1-2H3. The van der Waals surface area contributed by atoms with Crippen molar-refractivity contribution in [3.05, 3.63) is 41.2 Å². The van der Waals surface area contributed by atoms with E-state index in [1.165, 1.54) is 11.8 Å². The van der Waals surface area contributed by atoms with Crippen molar-refractivity contribution in [2.24, 2.45) is 5.10 Å². The lowest BCUT2D eigenvalue weighted by Gasteiger charge is -2.06. The average Bonchev–Trinajstić information content (AvgIpc) is 2.53. The lowest BCUT2D eigenvalue weighted by Crippen LogP contribution is -2.09. The molecule has 0 spiro atoms. The smallest absolute Gasteiger partial charge is 0.209 e. The van der Waals surface area contributed by atoms with Crippen molar-refractivity contribution < 1.29 is 0 Å². The van der Waals surface area contributed by atoms with Gasteiger partial charge in [0.05, 0.1) is 17.6 Å². The fraction of sp³-hybridized carbons (Fsp3) is 0.286. The van der Waals surface area contributed by atoms with E-state index in [2.05, 4.69) is 32.6 Å². The van der Waals surface area contributed by atoms with E-state index in [-0.39, 0.29) is 0 Å². The minimum atomic E-state index is 0.641. The third kappa shape index (κ3) is 4.68. The highest BCUT2D eigenvalue weighted by Gasteiger charge is 2.07. The third-order valence-electron chi connectivity index (χ3n) is 2.67. The summed E-state index contributed by atoms with van der Waals surface area (Å²) in [4.78, 5) is 4.43. The van der Waals surface area contributed by atoms with Crippen LogP contribution in [0.3, 0.4) is 0 Å². The van der Waals surface area contributed by atoms with Crippen molar-refractivity contribution in [3.8, 4) is 0 Å². The molecule has 110 valence electrons. The molecule has 2 aromatic rings. The van der Waals surface area contributed by atoms with E-state index in [0.29, 0.717) is 10.2 Å². The Labute approximate surface area is 133 Å². The number of nitrogens with one attached hydrogen (secondary N) is 1. The van der Waals surface area contributed by atoms with E-state index < -0.39 is 0 Å². The normalized spacial score (nSPS) is 11.5. The number of hydrazone groups is 1. The van der Waals surface area contributed by atoms with Gasteiger partial charge in [-0.3, -0.25) is 5.43 Å². The Hall–Kier alpha value is -1.66. The molecule has 0 aliphatic heterocycles. The van der Waals surface area contributed by atoms with Crippen LogP contribution in [0.4, 0.5) is 5.69 Å². The summed E-state index contributed by atoms with van der Waals surface area (Å²) in [6.07, 6.45) is 5.34. The molecule has 7 heteroatoms. The molecule has 0 unspecified atom stereocenters. The van der Waals surface area contributed by atoms with Gasteiger partial charge in [-0.25, -0.2) is 4.98 Å². The lowest BCUT2D eigenvalue weighted by atomic mass is 10.2. The van der Waals surface area contributed by atoms with Gasteiger partial charge in [0.25, 0.3) is 0 Å². The second-order valence-corrected chi connectivity index (χ2v) is 5.47. The summed E-state index contributed by atoms with van der Waals surface area (Å²) in [5.74, 6) is 0. The Balaban J connectivity index is 2.20. The zero-order chi connectivity index (χ0) is 15.1. The van der Waals surface area contributed by atoms with E-state index in [0.717, 1.165) is 29.9 Å². The zero-order valence-corrected chi connectivity index (χ0v) is 13.4. The van der Waals surface area contributed by atoms with Crippen LogP contribution in [0, 0.1) is 0 Å². The Morgan fingerprint density at radius 3 is 2.76 bits per heavy atom. The van der Waals surface area contributed by atoms with Gasteiger partial charge in [0.15, 0.2) is 0 Å². The lowest BCUT2D eigenvalue weighted by molar-refractivity contribution is 0.828. The monoisotopic (exact) mass is 321 g/mol. The number of anilines is 1. The van der Waals surface area contributed by atoms with Crippen LogP contribution in [0.2, 0.25) is 5.02 Å². The molecular weight excluding hydrogens is 306 g/mol. The number of hydrogen-bond donors (Lipinski definition) is 1. The number of thioether (sulfide) groups is 1. The zero-order valence-electron chi connectivity index (χ0n) is 11.9. The summed E-state index contributed by atoms with van der Waals surface area (Å²) in [5.41, 5.74) is 5.51. The highest BCUT2D eigenvalue weighted by atomic mass is 35.5. The fourth-order valence-corrected chi connectivity index (χ4v) is 2.09. The molecule has 1 aromatic heterocycles. The molecule has 1 N–H and O–H groups in total. The quantitative estimate of drug-likeness (QED) is 0.497. The number of halogens is 1. The Morgan fingerprint density at radius 1 is 1.33 bits per heavy atom. The number of benzene rings is 1. The molecule has 0 radical (unpaired) electrons. The highest BCUT2D eigenvalue weighted by Crippen LogP contribution is 2.14. The topological polar surface area (TPSA) is 63.1 Å². The molecule has 0 amide bonds. The highest BCUT2D eigenvalue weighted by molar-refractivity contribution is 7.98. The second kappa shape index (κ2) is 7.95. The maximum absolute atomic E-state index is 5.86. The van der Waals surface area contributed by atoms with E-state index >= 15 is 0 Å². The fourth-order valence-electron chi connectivity index (χ4n) is 1.65. The minimum absolute atomic E-state index is 0.641. The summed E-state index contributed by atoms with van der Waals surface area (Å²) >= 11 is 7.32. The molecule has 0 atom stereocenters. The van der Waals surface area contributed by atoms with Crippen molar-refractivity contribution in [1.29, 1.82) is 0 Å². The minimum Gasteiger partial charge on any atom is -0.278 e. The molecular formula is C14H16ClN5S. The molecule has 0 bridgehead atoms. The van der Waals surface area contributed by atoms with Crippen molar-refractivity contribution in [2.75, 3.05) is 11.7 Å². The summed E-state index contributed by atoms with van der Waals surface area (Å²) in [7, 11) is 0. The van der Waals surface area contributed by atoms with E-state index in [9.17, 15) is 0 Å². The molecule has 2 rings (SSSR count). The Kier molecular flexibility index (Phi) is 5.95. The molecule has 1 heterocycles. The summed E-state index contributed by atoms with van der Waals surface area (Å²) < 4.78 is 0. The van der Waals surface area contributed by atoms with Crippen LogP contribution in [0.5, 0.6) is 0 Å². The van der Waals surface area contributed by atoms with Gasteiger partial charge < -0.3 is 0 Å². The predicted molar refractivity (Wildman–Crippen MR) is 88.1 cm³/mol. The Bertz CT molecular complexity index is 615. The van der Waals surface area contributed by atoms with Crippen LogP contribution in [0.1, 0.15) is 25.5 Å². The number of rotatable bonds is 6. The third-order valence-corrected chi connectivity index (χ3v) is 3.46. The van der Waals surface area contributed by atoms with Gasteiger partial charge >= 0.3 is 0 Å². The van der Waals surface area contributed by atoms with Gasteiger partial charge in [0.2, 0.25) is 5.16 Å². The van der Waals surface area contributed by atoms with Crippen molar-refractivity contribution in [3.63, 3.8) is 0 Å². The van der Waals surface area contributed by atoms with Crippen LogP contribution < -0.4 is 5.43 Å². The maximum atomic E-state index is 5.86. The summed E-state index contributed by atoms with van der Waals surface area (Å²) in [6, 6.07) is 7.38. The first-order chi connectivity index (χ1) is 10.2. The van der Waals surface area contributed by atoms with Gasteiger partial charge in [-0.1, -0.05) is 36.7 Å². The molecule has 0 aliphatic rings. The van der Waals surface area contributed by atoms with Gasteiger partial charge in [-0.2, -0.15) is 10.2 Å². The van der Waals surface area contributed by atoms with Gasteiger partial charge in [0.1, 0.15) is 5.69 Å².